The molecular formula is C17H22Cl2N2O2. The number of rotatable bonds is 1. The van der Waals surface area contributed by atoms with Gasteiger partial charge in [-0.25, -0.2) is 0 Å². The van der Waals surface area contributed by atoms with E-state index in [0.29, 0.717) is 29.5 Å². The lowest BCUT2D eigenvalue weighted by Gasteiger charge is -2.42. The summed E-state index contributed by atoms with van der Waals surface area (Å²) in [5, 5.41) is 1.42. The van der Waals surface area contributed by atoms with Crippen molar-refractivity contribution in [3.8, 4) is 0 Å². The number of piperidine rings is 1. The zero-order valence-corrected chi connectivity index (χ0v) is 15.1. The summed E-state index contributed by atoms with van der Waals surface area (Å²) in [4.78, 5) is 14.7. The van der Waals surface area contributed by atoms with Crippen molar-refractivity contribution in [3.63, 3.8) is 0 Å². The maximum atomic E-state index is 12.8. The van der Waals surface area contributed by atoms with Crippen LogP contribution in [0.15, 0.2) is 22.6 Å². The largest absolute Gasteiger partial charge is 0.449 e. The molecule has 1 aliphatic heterocycles. The van der Waals surface area contributed by atoms with Gasteiger partial charge in [0.15, 0.2) is 11.3 Å². The van der Waals surface area contributed by atoms with Gasteiger partial charge in [0.25, 0.3) is 5.91 Å². The van der Waals surface area contributed by atoms with Crippen LogP contribution in [0.1, 0.15) is 36.4 Å². The molecule has 1 aromatic heterocycles. The summed E-state index contributed by atoms with van der Waals surface area (Å²) >= 11 is 6.16. The molecule has 6 heteroatoms. The lowest BCUT2D eigenvalue weighted by Crippen LogP contribution is -2.54. The van der Waals surface area contributed by atoms with Crippen molar-refractivity contribution in [3.05, 3.63) is 34.5 Å². The van der Waals surface area contributed by atoms with Crippen molar-refractivity contribution in [2.75, 3.05) is 13.1 Å². The number of nitrogens with two attached hydrogens (primary N) is 1. The predicted molar refractivity (Wildman–Crippen MR) is 95.5 cm³/mol. The van der Waals surface area contributed by atoms with Gasteiger partial charge in [0, 0.05) is 30.1 Å². The van der Waals surface area contributed by atoms with Crippen LogP contribution in [-0.4, -0.2) is 29.9 Å². The molecule has 1 aliphatic rings. The fourth-order valence-corrected chi connectivity index (χ4v) is 3.32. The molecule has 1 saturated heterocycles. The number of carbonyl (C=O) groups is 1. The molecule has 0 aliphatic carbocycles. The Bertz CT molecular complexity index is 740. The number of furan rings is 1. The fourth-order valence-electron chi connectivity index (χ4n) is 3.10. The number of aryl methyl sites for hydroxylation is 1. The number of hydrogen-bond donors (Lipinski definition) is 1. The van der Waals surface area contributed by atoms with Crippen LogP contribution in [0.3, 0.4) is 0 Å². The van der Waals surface area contributed by atoms with E-state index in [-0.39, 0.29) is 29.8 Å². The first kappa shape index (κ1) is 18.1. The molecule has 0 bridgehead atoms. The Morgan fingerprint density at radius 1 is 1.43 bits per heavy atom. The normalized spacial score (nSPS) is 20.4. The molecule has 126 valence electrons. The molecule has 1 aromatic carbocycles. The minimum atomic E-state index is -0.0918. The predicted octanol–water partition coefficient (Wildman–Crippen LogP) is 4.02. The monoisotopic (exact) mass is 356 g/mol. The summed E-state index contributed by atoms with van der Waals surface area (Å²) < 4.78 is 5.79. The number of amides is 1. The summed E-state index contributed by atoms with van der Waals surface area (Å²) in [7, 11) is 0. The van der Waals surface area contributed by atoms with Crippen molar-refractivity contribution >= 4 is 40.9 Å². The smallest absolute Gasteiger partial charge is 0.289 e. The second kappa shape index (κ2) is 6.34. The van der Waals surface area contributed by atoms with Crippen LogP contribution in [0.5, 0.6) is 0 Å². The van der Waals surface area contributed by atoms with Crippen molar-refractivity contribution in [2.45, 2.75) is 33.2 Å². The maximum absolute atomic E-state index is 12.8. The Balaban J connectivity index is 0.00000192. The summed E-state index contributed by atoms with van der Waals surface area (Å²) in [5.41, 5.74) is 7.48. The van der Waals surface area contributed by atoms with E-state index >= 15 is 0 Å². The molecule has 1 fully saturated rings. The first-order valence-corrected chi connectivity index (χ1v) is 7.91. The Hall–Kier alpha value is -1.23. The quantitative estimate of drug-likeness (QED) is 0.839. The van der Waals surface area contributed by atoms with E-state index < -0.39 is 0 Å². The third-order valence-corrected chi connectivity index (χ3v) is 5.01. The molecule has 2 N–H and O–H groups in total. The zero-order valence-electron chi connectivity index (χ0n) is 13.6. The minimum Gasteiger partial charge on any atom is -0.449 e. The summed E-state index contributed by atoms with van der Waals surface area (Å²) in [6.45, 7) is 7.39. The Kier molecular flexibility index (Phi) is 5.00. The Labute approximate surface area is 147 Å². The molecular weight excluding hydrogens is 335 g/mol. The number of nitrogens with zero attached hydrogens (tertiary/aromatic N) is 1. The highest BCUT2D eigenvalue weighted by Crippen LogP contribution is 2.33. The summed E-state index contributed by atoms with van der Waals surface area (Å²) in [6, 6.07) is 5.67. The van der Waals surface area contributed by atoms with Crippen molar-refractivity contribution in [2.24, 2.45) is 11.1 Å². The third-order valence-electron chi connectivity index (χ3n) is 4.71. The summed E-state index contributed by atoms with van der Waals surface area (Å²) in [6.07, 6.45) is 0.804. The van der Waals surface area contributed by atoms with Gasteiger partial charge in [0.05, 0.1) is 5.02 Å². The van der Waals surface area contributed by atoms with Crippen LogP contribution in [0.4, 0.5) is 0 Å². The number of likely N-dealkylation sites (tertiary alicyclic amines) is 1. The van der Waals surface area contributed by atoms with Gasteiger partial charge in [0.1, 0.15) is 0 Å². The average molecular weight is 357 g/mol. The standard InChI is InChI=1S/C17H21ClN2O2.ClH/c1-10-11-5-4-6-12(18)15(11)22-14(10)16(21)20-8-7-13(19)17(2,3)9-20;/h4-6,13H,7-9,19H2,1-3H3;1H. The lowest BCUT2D eigenvalue weighted by atomic mass is 9.79. The van der Waals surface area contributed by atoms with E-state index in [1.807, 2.05) is 24.0 Å². The molecule has 3 rings (SSSR count). The van der Waals surface area contributed by atoms with Crippen LogP contribution in [-0.2, 0) is 0 Å². The number of carbonyl (C=O) groups excluding carboxylic acids is 1. The first-order chi connectivity index (χ1) is 10.3. The zero-order chi connectivity index (χ0) is 16.1. The average Bonchev–Trinajstić information content (AvgIpc) is 2.80. The van der Waals surface area contributed by atoms with Gasteiger partial charge in [-0.2, -0.15) is 0 Å². The second-order valence-electron chi connectivity index (χ2n) is 6.78. The van der Waals surface area contributed by atoms with Gasteiger partial charge in [-0.3, -0.25) is 4.79 Å². The van der Waals surface area contributed by atoms with Crippen LogP contribution < -0.4 is 5.73 Å². The van der Waals surface area contributed by atoms with Crippen LogP contribution >= 0.6 is 24.0 Å². The lowest BCUT2D eigenvalue weighted by molar-refractivity contribution is 0.0504. The van der Waals surface area contributed by atoms with Gasteiger partial charge >= 0.3 is 0 Å². The molecule has 2 heterocycles. The van der Waals surface area contributed by atoms with E-state index in [0.717, 1.165) is 17.4 Å². The highest BCUT2D eigenvalue weighted by Gasteiger charge is 2.37. The van der Waals surface area contributed by atoms with E-state index in [2.05, 4.69) is 13.8 Å². The van der Waals surface area contributed by atoms with Gasteiger partial charge in [-0.1, -0.05) is 37.6 Å². The van der Waals surface area contributed by atoms with E-state index in [4.69, 9.17) is 21.8 Å². The molecule has 0 saturated carbocycles. The number of hydrogen-bond acceptors (Lipinski definition) is 3. The summed E-state index contributed by atoms with van der Waals surface area (Å²) in [5.74, 6) is 0.305. The second-order valence-corrected chi connectivity index (χ2v) is 7.19. The van der Waals surface area contributed by atoms with E-state index in [1.165, 1.54) is 0 Å². The minimum absolute atomic E-state index is 0. The molecule has 23 heavy (non-hydrogen) atoms. The number of halogens is 2. The molecule has 4 nitrogen and oxygen atoms in total. The number of benzene rings is 1. The van der Waals surface area contributed by atoms with Crippen molar-refractivity contribution in [1.29, 1.82) is 0 Å². The molecule has 2 aromatic rings. The molecule has 0 spiro atoms. The molecule has 0 radical (unpaired) electrons. The highest BCUT2D eigenvalue weighted by molar-refractivity contribution is 6.35. The third kappa shape index (κ3) is 3.08. The Morgan fingerprint density at radius 3 is 2.74 bits per heavy atom. The van der Waals surface area contributed by atoms with E-state index in [9.17, 15) is 4.79 Å². The number of para-hydroxylation sites is 1. The van der Waals surface area contributed by atoms with E-state index in [1.54, 1.807) is 6.07 Å². The van der Waals surface area contributed by atoms with Crippen molar-refractivity contribution in [1.82, 2.24) is 4.90 Å². The maximum Gasteiger partial charge on any atom is 0.289 e. The van der Waals surface area contributed by atoms with Gasteiger partial charge in [0.2, 0.25) is 0 Å². The van der Waals surface area contributed by atoms with Gasteiger partial charge in [-0.15, -0.1) is 12.4 Å². The topological polar surface area (TPSA) is 59.5 Å². The number of fused-ring (bicyclic) bond motifs is 1. The van der Waals surface area contributed by atoms with Gasteiger partial charge < -0.3 is 15.1 Å². The SMILES string of the molecule is Cc1c(C(=O)N2CCC(N)C(C)(C)C2)oc2c(Cl)cccc12.Cl. The fraction of sp³-hybridized carbons (Fsp3) is 0.471. The van der Waals surface area contributed by atoms with Gasteiger partial charge in [-0.05, 0) is 24.8 Å². The van der Waals surface area contributed by atoms with Crippen molar-refractivity contribution < 1.29 is 9.21 Å². The Morgan fingerprint density at radius 2 is 2.13 bits per heavy atom. The van der Waals surface area contributed by atoms with Crippen LogP contribution in [0.25, 0.3) is 11.0 Å². The molecule has 1 unspecified atom stereocenters. The van der Waals surface area contributed by atoms with Crippen LogP contribution in [0.2, 0.25) is 5.02 Å². The molecule has 1 amide bonds. The first-order valence-electron chi connectivity index (χ1n) is 7.54. The molecule has 1 atom stereocenters. The van der Waals surface area contributed by atoms with Crippen LogP contribution in [0, 0.1) is 12.3 Å². The highest BCUT2D eigenvalue weighted by atomic mass is 35.5.